The van der Waals surface area contributed by atoms with Crippen LogP contribution in [0.4, 0.5) is 0 Å². The van der Waals surface area contributed by atoms with Crippen LogP contribution in [-0.2, 0) is 42.5 Å². The quantitative estimate of drug-likeness (QED) is 0.173. The Labute approximate surface area is 359 Å². The van der Waals surface area contributed by atoms with Gasteiger partial charge in [0.05, 0.1) is 22.8 Å². The molecule has 6 rings (SSSR count). The second-order valence-electron chi connectivity index (χ2n) is 18.8. The van der Waals surface area contributed by atoms with E-state index in [4.69, 9.17) is 27.0 Å². The Morgan fingerprint density at radius 3 is 0.982 bits per heavy atom. The van der Waals surface area contributed by atoms with Gasteiger partial charge in [-0.15, -0.1) is 0 Å². The summed E-state index contributed by atoms with van der Waals surface area (Å²) in [6, 6.07) is 36.3. The standard InChI is InChI=1S/C50H56N2O2.2ClH.Zr/c1-47(2,3)31-27-37(45(53)39(29-31)49(7,8)9)33-19-13-15-21-35(33)41-23-17-25-43(51-41)44-26-18-24-42(52-44)36-22-16-14-20-34(36)38-28-32(48(4,5)6)30-40(46(38)54)50(10,11)12;;;/h13-30,53-54H,1-12H3;2*1H;/q;;;+4/p-4. The van der Waals surface area contributed by atoms with Gasteiger partial charge in [-0.25, -0.2) is 9.97 Å². The molecule has 7 heteroatoms. The first kappa shape index (κ1) is 44.3. The number of rotatable bonds is 5. The summed E-state index contributed by atoms with van der Waals surface area (Å²) in [6.45, 7) is 25.7. The molecule has 57 heavy (non-hydrogen) atoms. The van der Waals surface area contributed by atoms with Gasteiger partial charge in [-0.05, 0) is 90.4 Å². The molecule has 4 nitrogen and oxygen atoms in total. The van der Waals surface area contributed by atoms with E-state index in [1.54, 1.807) is 0 Å². The Balaban J connectivity index is 0.00000200. The second kappa shape index (κ2) is 17.2. The maximum atomic E-state index is 14.2. The molecule has 0 radical (unpaired) electrons. The summed E-state index contributed by atoms with van der Waals surface area (Å²) < 4.78 is 0. The number of benzene rings is 4. The molecular formula is C50H54Cl2N2O2Zr. The van der Waals surface area contributed by atoms with Crippen LogP contribution >= 0.6 is 17.0 Å². The van der Waals surface area contributed by atoms with E-state index in [0.717, 1.165) is 67.3 Å². The molecule has 0 unspecified atom stereocenters. The van der Waals surface area contributed by atoms with Gasteiger partial charge in [-0.1, -0.05) is 180 Å². The Morgan fingerprint density at radius 2 is 0.684 bits per heavy atom. The zero-order chi connectivity index (χ0) is 42.1. The summed E-state index contributed by atoms with van der Waals surface area (Å²) in [7, 11) is 9.87. The van der Waals surface area contributed by atoms with Crippen LogP contribution in [0, 0.1) is 0 Å². The van der Waals surface area contributed by atoms with Crippen molar-refractivity contribution in [1.29, 1.82) is 0 Å². The fourth-order valence-corrected chi connectivity index (χ4v) is 6.98. The van der Waals surface area contributed by atoms with Crippen molar-refractivity contribution in [3.63, 3.8) is 0 Å². The first-order valence-electron chi connectivity index (χ1n) is 19.4. The van der Waals surface area contributed by atoms with Crippen LogP contribution in [0.2, 0.25) is 0 Å². The molecule has 2 aromatic heterocycles. The molecule has 0 aliphatic carbocycles. The van der Waals surface area contributed by atoms with Crippen molar-refractivity contribution in [1.82, 2.24) is 9.97 Å². The van der Waals surface area contributed by atoms with Crippen LogP contribution in [0.5, 0.6) is 11.5 Å². The summed E-state index contributed by atoms with van der Waals surface area (Å²) in [5, 5.41) is 28.4. The first-order chi connectivity index (χ1) is 26.6. The van der Waals surface area contributed by atoms with E-state index in [9.17, 15) is 10.2 Å². The molecule has 0 aliphatic rings. The van der Waals surface area contributed by atoms with E-state index in [0.29, 0.717) is 11.1 Å². The van der Waals surface area contributed by atoms with Gasteiger partial charge in [0, 0.05) is 11.1 Å². The predicted octanol–water partition coefficient (Wildman–Crippen LogP) is 13.5. The van der Waals surface area contributed by atoms with E-state index in [-0.39, 0.29) is 33.2 Å². The Bertz CT molecular complexity index is 2210. The minimum atomic E-state index is -0.826. The van der Waals surface area contributed by atoms with Crippen LogP contribution in [-0.4, -0.2) is 9.97 Å². The van der Waals surface area contributed by atoms with Crippen LogP contribution in [0.3, 0.4) is 0 Å². The number of pyridine rings is 2. The number of hydrogen-bond donors (Lipinski definition) is 0. The number of halogens is 2. The summed E-state index contributed by atoms with van der Waals surface area (Å²) in [5.74, 6) is 0.104. The molecule has 0 atom stereocenters. The fraction of sp³-hybridized carbons (Fsp3) is 0.320. The van der Waals surface area contributed by atoms with Crippen molar-refractivity contribution < 1.29 is 31.1 Å². The average molecular weight is 877 g/mol. The maximum absolute atomic E-state index is 14.2. The van der Waals surface area contributed by atoms with Crippen molar-refractivity contribution in [3.8, 4) is 67.7 Å². The van der Waals surface area contributed by atoms with E-state index in [1.807, 2.05) is 84.9 Å². The van der Waals surface area contributed by atoms with Gasteiger partial charge >= 0.3 is 37.9 Å². The minimum absolute atomic E-state index is 0.0519. The topological polar surface area (TPSA) is 71.9 Å². The number of nitrogens with zero attached hydrogens (tertiary/aromatic N) is 2. The van der Waals surface area contributed by atoms with Crippen LogP contribution in [0.15, 0.2) is 109 Å². The van der Waals surface area contributed by atoms with Gasteiger partial charge in [-0.3, -0.25) is 0 Å². The van der Waals surface area contributed by atoms with E-state index < -0.39 is 20.8 Å². The third-order valence-electron chi connectivity index (χ3n) is 10.3. The van der Waals surface area contributed by atoms with Crippen molar-refractivity contribution in [2.24, 2.45) is 0 Å². The molecule has 0 spiro atoms. The first-order valence-corrected chi connectivity index (χ1v) is 25.7. The predicted molar refractivity (Wildman–Crippen MR) is 235 cm³/mol. The Hall–Kier alpha value is -3.76. The van der Waals surface area contributed by atoms with E-state index >= 15 is 0 Å². The van der Waals surface area contributed by atoms with Gasteiger partial charge in [-0.2, -0.15) is 0 Å². The zero-order valence-electron chi connectivity index (χ0n) is 35.4. The van der Waals surface area contributed by atoms with Crippen molar-refractivity contribution >= 4 is 17.0 Å². The normalized spacial score (nSPS) is 12.1. The van der Waals surface area contributed by atoms with Crippen molar-refractivity contribution in [3.05, 3.63) is 131 Å². The third kappa shape index (κ3) is 10.1. The molecule has 0 saturated carbocycles. The van der Waals surface area contributed by atoms with Crippen molar-refractivity contribution in [2.45, 2.75) is 105 Å². The zero-order valence-corrected chi connectivity index (χ0v) is 39.3. The molecule has 2 heterocycles. The van der Waals surface area contributed by atoms with Gasteiger partial charge in [0.2, 0.25) is 0 Å². The van der Waals surface area contributed by atoms with Gasteiger partial charge < -0.3 is 10.2 Å². The van der Waals surface area contributed by atoms with Gasteiger partial charge in [0.25, 0.3) is 0 Å². The molecule has 6 aromatic rings. The summed E-state index contributed by atoms with van der Waals surface area (Å²) in [4.78, 5) is 10.3. The van der Waals surface area contributed by atoms with E-state index in [2.05, 4.69) is 107 Å². The number of hydrogen-bond acceptors (Lipinski definition) is 4. The molecule has 0 aliphatic heterocycles. The fourth-order valence-electron chi connectivity index (χ4n) is 6.98. The van der Waals surface area contributed by atoms with Crippen LogP contribution in [0.25, 0.3) is 56.2 Å². The molecule has 0 saturated heterocycles. The molecule has 294 valence electrons. The molecular weight excluding hydrogens is 823 g/mol. The average Bonchev–Trinajstić information content (AvgIpc) is 3.13. The van der Waals surface area contributed by atoms with E-state index in [1.165, 1.54) is 0 Å². The Morgan fingerprint density at radius 1 is 0.386 bits per heavy atom. The molecule has 0 amide bonds. The molecule has 0 N–H and O–H groups in total. The summed E-state index contributed by atoms with van der Waals surface area (Å²) >= 11 is -0.826. The van der Waals surface area contributed by atoms with Gasteiger partial charge in [0.15, 0.2) is 0 Å². The molecule has 4 aromatic carbocycles. The third-order valence-corrected chi connectivity index (χ3v) is 10.3. The summed E-state index contributed by atoms with van der Waals surface area (Å²) in [5.41, 5.74) is 10.8. The molecule has 0 fully saturated rings. The van der Waals surface area contributed by atoms with Crippen molar-refractivity contribution in [2.75, 3.05) is 0 Å². The van der Waals surface area contributed by atoms with Crippen LogP contribution in [0.1, 0.15) is 105 Å². The SMILES string of the molecule is CC(C)(C)c1cc(-c2ccccc2-c2cccc(-c3cccc(-c4ccccc4-c4cc(C(C)(C)C)cc(C(C)(C)C)c4[O-])n3)n2)c([O-])c(C(C)(C)C)c1.[Cl][Zr+2][Cl]. The summed E-state index contributed by atoms with van der Waals surface area (Å²) in [6.07, 6.45) is 0. The number of aromatic nitrogens is 2. The monoisotopic (exact) mass is 874 g/mol. The van der Waals surface area contributed by atoms with Crippen LogP contribution < -0.4 is 10.2 Å². The van der Waals surface area contributed by atoms with Gasteiger partial charge in [0.1, 0.15) is 0 Å². The Kier molecular flexibility index (Phi) is 13.4. The molecule has 0 bridgehead atoms. The second-order valence-corrected chi connectivity index (χ2v) is 22.5.